The van der Waals surface area contributed by atoms with E-state index in [4.69, 9.17) is 46.4 Å². The Labute approximate surface area is 239 Å². The lowest BCUT2D eigenvalue weighted by molar-refractivity contribution is -0.571. The fourth-order valence-corrected chi connectivity index (χ4v) is 5.09. The molecule has 202 valence electrons. The molecule has 0 fully saturated rings. The average molecular weight is 589 g/mol. The lowest BCUT2D eigenvalue weighted by atomic mass is 10.2. The number of halogens is 4. The second-order valence-corrected chi connectivity index (χ2v) is 10.2. The number of aliphatic hydroxyl groups excluding tert-OH is 2. The molecule has 3 rings (SSSR count). The van der Waals surface area contributed by atoms with Crippen molar-refractivity contribution in [2.24, 2.45) is 0 Å². The van der Waals surface area contributed by atoms with Crippen molar-refractivity contribution in [2.75, 3.05) is 60.6 Å². The first kappa shape index (κ1) is 29.9. The fourth-order valence-electron chi connectivity index (χ4n) is 4.45. The van der Waals surface area contributed by atoms with Crippen molar-refractivity contribution in [3.8, 4) is 0 Å². The Hall–Kier alpha value is -1.64. The standard InChI is InChI=1S/C27H34Cl4N4O2/c1-3-34-25-17-21(30)22(31)18-26(25)35(4-2)27(34)9-5-6-11-33(12-8-14-37)24-16-20(29)19(28)15-23(24)32-10-7-13-36/h5-6,9,15-18,32,36-37H,3-4,7-8,10-14H2,1-2H3/p+1. The first-order chi connectivity index (χ1) is 17.9. The number of allylic oxidation sites excluding steroid dienone is 2. The number of hydrogen-bond donors (Lipinski definition) is 3. The molecule has 6 nitrogen and oxygen atoms in total. The topological polar surface area (TPSA) is 66.8 Å². The Kier molecular flexibility index (Phi) is 11.7. The van der Waals surface area contributed by atoms with Crippen LogP contribution < -0.4 is 20.0 Å². The molecule has 0 saturated heterocycles. The predicted molar refractivity (Wildman–Crippen MR) is 158 cm³/mol. The maximum atomic E-state index is 9.49. The van der Waals surface area contributed by atoms with Gasteiger partial charge in [-0.3, -0.25) is 0 Å². The van der Waals surface area contributed by atoms with Crippen LogP contribution in [0.3, 0.4) is 0 Å². The fraction of sp³-hybridized carbons (Fsp3) is 0.407. The molecule has 1 heterocycles. The van der Waals surface area contributed by atoms with Crippen LogP contribution >= 0.6 is 46.4 Å². The molecule has 2 aromatic carbocycles. The van der Waals surface area contributed by atoms with Gasteiger partial charge in [-0.05, 0) is 44.5 Å². The highest BCUT2D eigenvalue weighted by atomic mass is 35.5. The van der Waals surface area contributed by atoms with Gasteiger partial charge in [0.2, 0.25) is 0 Å². The first-order valence-corrected chi connectivity index (χ1v) is 14.1. The molecule has 0 radical (unpaired) electrons. The van der Waals surface area contributed by atoms with E-state index in [2.05, 4.69) is 46.0 Å². The summed E-state index contributed by atoms with van der Waals surface area (Å²) in [5.74, 6) is 1.06. The number of fused-ring (bicyclic) bond motifs is 1. The van der Waals surface area contributed by atoms with E-state index in [1.165, 1.54) is 0 Å². The Balaban J connectivity index is 1.86. The minimum absolute atomic E-state index is 0.0927. The van der Waals surface area contributed by atoms with Crippen LogP contribution in [0, 0.1) is 0 Å². The number of quaternary nitrogens is 1. The molecule has 37 heavy (non-hydrogen) atoms. The number of hydrogen-bond acceptors (Lipinski definition) is 5. The number of rotatable bonds is 13. The maximum Gasteiger partial charge on any atom is 0.154 e. The SMILES string of the molecule is CCN1C(=CC=CCN(CCCO)c2cc(Cl)c(Cl)cc2[NH2+]CCCO)N(CC)c2cc(Cl)c(Cl)cc21. The maximum absolute atomic E-state index is 9.49. The van der Waals surface area contributed by atoms with E-state index in [1.807, 2.05) is 30.3 Å². The highest BCUT2D eigenvalue weighted by Crippen LogP contribution is 2.45. The van der Waals surface area contributed by atoms with Gasteiger partial charge in [0.1, 0.15) is 11.5 Å². The van der Waals surface area contributed by atoms with E-state index < -0.39 is 0 Å². The molecule has 10 heteroatoms. The summed E-state index contributed by atoms with van der Waals surface area (Å²) in [6.45, 7) is 8.02. The lowest BCUT2D eigenvalue weighted by Gasteiger charge is -2.25. The van der Waals surface area contributed by atoms with Crippen molar-refractivity contribution in [1.29, 1.82) is 0 Å². The lowest BCUT2D eigenvalue weighted by Crippen LogP contribution is -2.78. The number of nitrogens with two attached hydrogens (primary N) is 1. The molecule has 0 aliphatic carbocycles. The summed E-state index contributed by atoms with van der Waals surface area (Å²) >= 11 is 25.3. The van der Waals surface area contributed by atoms with E-state index in [-0.39, 0.29) is 13.2 Å². The number of aliphatic hydroxyl groups is 2. The highest BCUT2D eigenvalue weighted by Gasteiger charge is 2.30. The molecule has 4 N–H and O–H groups in total. The zero-order valence-corrected chi connectivity index (χ0v) is 24.3. The van der Waals surface area contributed by atoms with Gasteiger partial charge in [-0.15, -0.1) is 0 Å². The molecular weight excluding hydrogens is 554 g/mol. The molecule has 0 saturated carbocycles. The zero-order valence-electron chi connectivity index (χ0n) is 21.2. The Bertz CT molecular complexity index is 1090. The number of nitrogens with zero attached hydrogens (tertiary/aromatic N) is 3. The molecular formula is C27H35Cl4N4O2+. The molecule has 0 unspecified atom stereocenters. The van der Waals surface area contributed by atoms with Gasteiger partial charge in [0.05, 0.1) is 38.0 Å². The molecule has 0 aromatic heterocycles. The quantitative estimate of drug-likeness (QED) is 0.203. The third-order valence-electron chi connectivity index (χ3n) is 6.21. The van der Waals surface area contributed by atoms with Crippen molar-refractivity contribution in [1.82, 2.24) is 0 Å². The molecule has 0 atom stereocenters. The van der Waals surface area contributed by atoms with Crippen molar-refractivity contribution in [2.45, 2.75) is 26.7 Å². The van der Waals surface area contributed by atoms with E-state index in [0.717, 1.165) is 48.2 Å². The van der Waals surface area contributed by atoms with Gasteiger partial charge in [0.25, 0.3) is 0 Å². The second kappa shape index (κ2) is 14.5. The summed E-state index contributed by atoms with van der Waals surface area (Å²) < 4.78 is 0. The minimum Gasteiger partial charge on any atom is -0.396 e. The average Bonchev–Trinajstić information content (AvgIpc) is 3.17. The van der Waals surface area contributed by atoms with Crippen LogP contribution in [0.15, 0.2) is 48.3 Å². The summed E-state index contributed by atoms with van der Waals surface area (Å²) in [6.07, 6.45) is 7.53. The minimum atomic E-state index is 0.0927. The van der Waals surface area contributed by atoms with Crippen LogP contribution in [0.25, 0.3) is 0 Å². The van der Waals surface area contributed by atoms with Gasteiger partial charge in [-0.2, -0.15) is 0 Å². The van der Waals surface area contributed by atoms with E-state index >= 15 is 0 Å². The first-order valence-electron chi connectivity index (χ1n) is 12.6. The molecule has 0 spiro atoms. The monoisotopic (exact) mass is 587 g/mol. The predicted octanol–water partition coefficient (Wildman–Crippen LogP) is 5.83. The van der Waals surface area contributed by atoms with Crippen LogP contribution in [-0.2, 0) is 0 Å². The molecule has 0 amide bonds. The summed E-state index contributed by atoms with van der Waals surface area (Å²) in [6, 6.07) is 7.58. The molecule has 0 bridgehead atoms. The van der Waals surface area contributed by atoms with Crippen LogP contribution in [0.4, 0.5) is 22.7 Å². The summed E-state index contributed by atoms with van der Waals surface area (Å²) in [4.78, 5) is 6.63. The third kappa shape index (κ3) is 7.27. The van der Waals surface area contributed by atoms with Gasteiger partial charge in [0.15, 0.2) is 5.69 Å². The summed E-state index contributed by atoms with van der Waals surface area (Å²) in [5, 5.41) is 22.8. The van der Waals surface area contributed by atoms with Gasteiger partial charge >= 0.3 is 0 Å². The van der Waals surface area contributed by atoms with Crippen LogP contribution in [0.5, 0.6) is 0 Å². The van der Waals surface area contributed by atoms with Crippen molar-refractivity contribution in [3.05, 3.63) is 68.4 Å². The summed E-state index contributed by atoms with van der Waals surface area (Å²) in [7, 11) is 0. The normalized spacial score (nSPS) is 13.1. The van der Waals surface area contributed by atoms with E-state index in [9.17, 15) is 10.2 Å². The molecule has 1 aliphatic rings. The van der Waals surface area contributed by atoms with Crippen LogP contribution in [0.1, 0.15) is 26.7 Å². The summed E-state index contributed by atoms with van der Waals surface area (Å²) in [5.41, 5.74) is 3.99. The number of benzene rings is 2. The van der Waals surface area contributed by atoms with E-state index in [0.29, 0.717) is 46.0 Å². The smallest absolute Gasteiger partial charge is 0.154 e. The van der Waals surface area contributed by atoms with E-state index in [1.54, 1.807) is 0 Å². The van der Waals surface area contributed by atoms with Gasteiger partial charge in [-0.25, -0.2) is 0 Å². The van der Waals surface area contributed by atoms with Crippen molar-refractivity contribution >= 4 is 69.2 Å². The molecule has 2 aromatic rings. The Morgan fingerprint density at radius 3 is 1.97 bits per heavy atom. The van der Waals surface area contributed by atoms with Gasteiger partial charge in [0, 0.05) is 51.9 Å². The van der Waals surface area contributed by atoms with Crippen molar-refractivity contribution in [3.63, 3.8) is 0 Å². The van der Waals surface area contributed by atoms with Crippen molar-refractivity contribution < 1.29 is 15.5 Å². The van der Waals surface area contributed by atoms with Crippen LogP contribution in [-0.4, -0.2) is 56.2 Å². The zero-order chi connectivity index (χ0) is 26.9. The van der Waals surface area contributed by atoms with Gasteiger partial charge in [-0.1, -0.05) is 58.6 Å². The largest absolute Gasteiger partial charge is 0.396 e. The molecule has 1 aliphatic heterocycles. The third-order valence-corrected chi connectivity index (χ3v) is 7.66. The Morgan fingerprint density at radius 1 is 0.838 bits per heavy atom. The van der Waals surface area contributed by atoms with Gasteiger partial charge < -0.3 is 30.2 Å². The number of anilines is 3. The second-order valence-electron chi connectivity index (χ2n) is 8.61. The Morgan fingerprint density at radius 2 is 1.41 bits per heavy atom. The van der Waals surface area contributed by atoms with Crippen LogP contribution in [0.2, 0.25) is 20.1 Å². The highest BCUT2D eigenvalue weighted by molar-refractivity contribution is 6.43.